The van der Waals surface area contributed by atoms with Crippen molar-refractivity contribution in [1.29, 1.82) is 0 Å². The number of sulfonamides is 1. The van der Waals surface area contributed by atoms with E-state index in [2.05, 4.69) is 15.0 Å². The zero-order valence-electron chi connectivity index (χ0n) is 20.9. The molecule has 1 aliphatic heterocycles. The van der Waals surface area contributed by atoms with Crippen LogP contribution in [0.5, 0.6) is 5.75 Å². The van der Waals surface area contributed by atoms with Crippen LogP contribution in [0.4, 0.5) is 10.2 Å². The normalized spacial score (nSPS) is 17.6. The molecule has 3 aromatic rings. The van der Waals surface area contributed by atoms with Crippen molar-refractivity contribution in [3.05, 3.63) is 65.6 Å². The largest absolute Gasteiger partial charge is 0.493 e. The van der Waals surface area contributed by atoms with Crippen molar-refractivity contribution >= 4 is 21.7 Å². The van der Waals surface area contributed by atoms with Crippen LogP contribution in [0.2, 0.25) is 0 Å². The topological polar surface area (TPSA) is 136 Å². The van der Waals surface area contributed by atoms with Gasteiger partial charge in [0.1, 0.15) is 17.4 Å². The van der Waals surface area contributed by atoms with Crippen molar-refractivity contribution in [2.45, 2.75) is 44.2 Å². The number of anilines is 1. The van der Waals surface area contributed by atoms with Gasteiger partial charge in [-0.25, -0.2) is 14.1 Å². The van der Waals surface area contributed by atoms with Crippen molar-refractivity contribution in [2.24, 2.45) is 5.92 Å². The number of aromatic nitrogens is 2. The van der Waals surface area contributed by atoms with Crippen molar-refractivity contribution in [3.63, 3.8) is 0 Å². The van der Waals surface area contributed by atoms with Crippen LogP contribution in [0.25, 0.3) is 11.3 Å². The van der Waals surface area contributed by atoms with E-state index in [1.165, 1.54) is 36.4 Å². The molecule has 1 aliphatic rings. The molecule has 2 aromatic heterocycles. The molecule has 0 aliphatic carbocycles. The van der Waals surface area contributed by atoms with Crippen LogP contribution in [0.3, 0.4) is 0 Å². The first-order valence-electron chi connectivity index (χ1n) is 12.0. The lowest BCUT2D eigenvalue weighted by atomic mass is 9.96. The van der Waals surface area contributed by atoms with E-state index in [-0.39, 0.29) is 34.3 Å². The summed E-state index contributed by atoms with van der Waals surface area (Å²) in [6, 6.07) is 11.8. The predicted molar refractivity (Wildman–Crippen MR) is 138 cm³/mol. The molecule has 2 atom stereocenters. The Hall–Kier alpha value is -3.57. The molecule has 4 N–H and O–H groups in total. The standard InChI is InChI=1S/C26H30FN5O4S/c1-15(2)14-36-20-11-17(10-19(27)12-20)22-8-7-21(25(30-22)18-9-16(3)29-13-18)26(33)32-37(34,35)24-6-4-5-23(28)31-24/h4-8,10-12,15-16,18,29H,9,13-14H2,1-3H3,(H2,28,31)(H,32,33). The van der Waals surface area contributed by atoms with E-state index < -0.39 is 21.7 Å². The highest BCUT2D eigenvalue weighted by atomic mass is 32.2. The predicted octanol–water partition coefficient (Wildman–Crippen LogP) is 3.48. The fourth-order valence-corrected chi connectivity index (χ4v) is 5.09. The van der Waals surface area contributed by atoms with Crippen molar-refractivity contribution in [2.75, 3.05) is 18.9 Å². The molecule has 3 heterocycles. The molecule has 1 amide bonds. The highest BCUT2D eigenvalue weighted by Crippen LogP contribution is 2.31. The van der Waals surface area contributed by atoms with E-state index in [0.29, 0.717) is 42.3 Å². The minimum absolute atomic E-state index is 0.0138. The average molecular weight is 528 g/mol. The smallest absolute Gasteiger partial charge is 0.281 e. The van der Waals surface area contributed by atoms with Gasteiger partial charge in [0.15, 0.2) is 5.03 Å². The molecular weight excluding hydrogens is 497 g/mol. The maximum absolute atomic E-state index is 14.4. The number of benzene rings is 1. The van der Waals surface area contributed by atoms with Crippen LogP contribution in [0.1, 0.15) is 49.2 Å². The number of nitrogens with two attached hydrogens (primary N) is 1. The van der Waals surface area contributed by atoms with Crippen LogP contribution >= 0.6 is 0 Å². The van der Waals surface area contributed by atoms with Gasteiger partial charge in [-0.05, 0) is 55.7 Å². The Bertz CT molecular complexity index is 1410. The number of nitrogens with zero attached hydrogens (tertiary/aromatic N) is 2. The number of carbonyl (C=O) groups excluding carboxylic acids is 1. The molecule has 0 bridgehead atoms. The summed E-state index contributed by atoms with van der Waals surface area (Å²) in [6.07, 6.45) is 0.701. The van der Waals surface area contributed by atoms with Gasteiger partial charge in [0, 0.05) is 30.1 Å². The van der Waals surface area contributed by atoms with Gasteiger partial charge < -0.3 is 15.8 Å². The molecule has 0 saturated carbocycles. The summed E-state index contributed by atoms with van der Waals surface area (Å²) in [5.74, 6) is -0.791. The summed E-state index contributed by atoms with van der Waals surface area (Å²) in [7, 11) is -4.27. The molecule has 196 valence electrons. The van der Waals surface area contributed by atoms with Gasteiger partial charge in [0.25, 0.3) is 15.9 Å². The van der Waals surface area contributed by atoms with E-state index >= 15 is 0 Å². The summed E-state index contributed by atoms with van der Waals surface area (Å²) in [6.45, 7) is 7.01. The zero-order valence-corrected chi connectivity index (χ0v) is 21.7. The molecule has 4 rings (SSSR count). The Morgan fingerprint density at radius 2 is 2.00 bits per heavy atom. The van der Waals surface area contributed by atoms with E-state index in [0.717, 1.165) is 0 Å². The Balaban J connectivity index is 1.70. The number of hydrogen-bond donors (Lipinski definition) is 3. The second-order valence-corrected chi connectivity index (χ2v) is 11.2. The number of carbonyl (C=O) groups is 1. The lowest BCUT2D eigenvalue weighted by Crippen LogP contribution is -2.32. The maximum Gasteiger partial charge on any atom is 0.281 e. The summed E-state index contributed by atoms with van der Waals surface area (Å²) >= 11 is 0. The summed E-state index contributed by atoms with van der Waals surface area (Å²) < 4.78 is 47.8. The Morgan fingerprint density at radius 3 is 2.68 bits per heavy atom. The van der Waals surface area contributed by atoms with Gasteiger partial charge in [0.05, 0.1) is 23.6 Å². The lowest BCUT2D eigenvalue weighted by Gasteiger charge is -2.16. The second kappa shape index (κ2) is 10.8. The highest BCUT2D eigenvalue weighted by molar-refractivity contribution is 7.90. The molecule has 1 saturated heterocycles. The van der Waals surface area contributed by atoms with Crippen LogP contribution in [-0.2, 0) is 10.0 Å². The number of nitrogens with one attached hydrogen (secondary N) is 2. The number of pyridine rings is 2. The highest BCUT2D eigenvalue weighted by Gasteiger charge is 2.30. The van der Waals surface area contributed by atoms with Crippen molar-refractivity contribution < 1.29 is 22.3 Å². The Kier molecular flexibility index (Phi) is 7.74. The minimum Gasteiger partial charge on any atom is -0.493 e. The van der Waals surface area contributed by atoms with Gasteiger partial charge in [-0.1, -0.05) is 19.9 Å². The quantitative estimate of drug-likeness (QED) is 0.405. The fraction of sp³-hybridized carbons (Fsp3) is 0.346. The van der Waals surface area contributed by atoms with Gasteiger partial charge in [-0.2, -0.15) is 8.42 Å². The molecule has 9 nitrogen and oxygen atoms in total. The Labute approximate surface area is 215 Å². The first-order valence-corrected chi connectivity index (χ1v) is 13.5. The first kappa shape index (κ1) is 26.5. The van der Waals surface area contributed by atoms with E-state index in [1.54, 1.807) is 12.1 Å². The summed E-state index contributed by atoms with van der Waals surface area (Å²) in [5, 5.41) is 2.96. The van der Waals surface area contributed by atoms with Gasteiger partial charge in [-0.3, -0.25) is 9.78 Å². The number of hydrogen-bond acceptors (Lipinski definition) is 8. The third-order valence-electron chi connectivity index (χ3n) is 5.90. The first-order chi connectivity index (χ1) is 17.5. The van der Waals surface area contributed by atoms with Crippen LogP contribution < -0.4 is 20.5 Å². The van der Waals surface area contributed by atoms with Crippen molar-refractivity contribution in [1.82, 2.24) is 20.0 Å². The minimum atomic E-state index is -4.27. The third-order valence-corrected chi connectivity index (χ3v) is 7.14. The van der Waals surface area contributed by atoms with Crippen molar-refractivity contribution in [3.8, 4) is 17.0 Å². The van der Waals surface area contributed by atoms with Crippen LogP contribution in [-0.4, -0.2) is 43.5 Å². The van der Waals surface area contributed by atoms with E-state index in [4.69, 9.17) is 15.5 Å². The summed E-state index contributed by atoms with van der Waals surface area (Å²) in [5.41, 5.74) is 7.08. The SMILES string of the molecule is CC(C)COc1cc(F)cc(-c2ccc(C(=O)NS(=O)(=O)c3cccc(N)n3)c(C3CNC(C)C3)n2)c1. The van der Waals surface area contributed by atoms with Gasteiger partial charge in [0.2, 0.25) is 0 Å². The van der Waals surface area contributed by atoms with Crippen LogP contribution in [0, 0.1) is 11.7 Å². The third kappa shape index (κ3) is 6.41. The van der Waals surface area contributed by atoms with Gasteiger partial charge in [-0.15, -0.1) is 0 Å². The summed E-state index contributed by atoms with van der Waals surface area (Å²) in [4.78, 5) is 21.7. The molecule has 1 fully saturated rings. The Morgan fingerprint density at radius 1 is 1.22 bits per heavy atom. The second-order valence-electron chi connectivity index (χ2n) is 9.59. The number of rotatable bonds is 8. The molecule has 37 heavy (non-hydrogen) atoms. The van der Waals surface area contributed by atoms with Gasteiger partial charge >= 0.3 is 0 Å². The zero-order chi connectivity index (χ0) is 26.7. The fourth-order valence-electron chi connectivity index (χ4n) is 4.15. The van der Waals surface area contributed by atoms with Crippen LogP contribution in [0.15, 0.2) is 53.6 Å². The number of ether oxygens (including phenoxy) is 1. The maximum atomic E-state index is 14.4. The molecule has 2 unspecified atom stereocenters. The average Bonchev–Trinajstić information content (AvgIpc) is 3.28. The monoisotopic (exact) mass is 527 g/mol. The number of nitrogen functional groups attached to an aromatic ring is 1. The molecule has 11 heteroatoms. The number of halogens is 1. The molecule has 0 radical (unpaired) electrons. The van der Waals surface area contributed by atoms with E-state index in [9.17, 15) is 17.6 Å². The number of amides is 1. The lowest BCUT2D eigenvalue weighted by molar-refractivity contribution is 0.0979. The molecule has 1 aromatic carbocycles. The van der Waals surface area contributed by atoms with E-state index in [1.807, 2.05) is 20.8 Å². The molecule has 0 spiro atoms. The molecular formula is C26H30FN5O4S.